The predicted molar refractivity (Wildman–Crippen MR) is 118 cm³/mol. The zero-order chi connectivity index (χ0) is 20.9. The SMILES string of the molecule is CCNC(=O)N1CCN(C(=O)c2ccc(/C=C/c3n[nH]c4ccccc34)cc2)CC1. The summed E-state index contributed by atoms with van der Waals surface area (Å²) in [6, 6.07) is 15.5. The summed E-state index contributed by atoms with van der Waals surface area (Å²) in [5, 5.41) is 11.2. The van der Waals surface area contributed by atoms with Crippen molar-refractivity contribution >= 4 is 35.0 Å². The maximum absolute atomic E-state index is 12.8. The molecule has 4 rings (SSSR count). The lowest BCUT2D eigenvalue weighted by molar-refractivity contribution is 0.0665. The first kappa shape index (κ1) is 19.7. The normalized spacial score (nSPS) is 14.4. The lowest BCUT2D eigenvalue weighted by Crippen LogP contribution is -2.53. The summed E-state index contributed by atoms with van der Waals surface area (Å²) in [5.41, 5.74) is 3.55. The van der Waals surface area contributed by atoms with Crippen LogP contribution in [0, 0.1) is 0 Å². The molecule has 1 aliphatic rings. The van der Waals surface area contributed by atoms with Gasteiger partial charge in [0.2, 0.25) is 0 Å². The molecule has 3 amide bonds. The molecule has 7 heteroatoms. The van der Waals surface area contributed by atoms with Gasteiger partial charge in [-0.15, -0.1) is 0 Å². The standard InChI is InChI=1S/C23H25N5O2/c1-2-24-23(30)28-15-13-27(14-16-28)22(29)18-10-7-17(8-11-18)9-12-21-19-5-3-4-6-20(19)25-26-21/h3-12H,2,13-16H2,1H3,(H,24,30)(H,25,26)/b12-9+. The molecule has 7 nitrogen and oxygen atoms in total. The second-order valence-corrected chi connectivity index (χ2v) is 7.22. The number of benzene rings is 2. The number of amides is 3. The minimum Gasteiger partial charge on any atom is -0.338 e. The highest BCUT2D eigenvalue weighted by atomic mass is 16.2. The van der Waals surface area contributed by atoms with Gasteiger partial charge < -0.3 is 15.1 Å². The fourth-order valence-electron chi connectivity index (χ4n) is 3.58. The first-order valence-electron chi connectivity index (χ1n) is 10.2. The first-order valence-corrected chi connectivity index (χ1v) is 10.2. The van der Waals surface area contributed by atoms with Crippen LogP contribution in [0.3, 0.4) is 0 Å². The quantitative estimate of drug-likeness (QED) is 0.702. The summed E-state index contributed by atoms with van der Waals surface area (Å²) in [5.74, 6) is -0.000579. The number of nitrogens with one attached hydrogen (secondary N) is 2. The molecule has 0 unspecified atom stereocenters. The van der Waals surface area contributed by atoms with E-state index in [1.54, 1.807) is 9.80 Å². The number of piperazine rings is 1. The van der Waals surface area contributed by atoms with Crippen LogP contribution in [0.2, 0.25) is 0 Å². The summed E-state index contributed by atoms with van der Waals surface area (Å²) < 4.78 is 0. The van der Waals surface area contributed by atoms with Crippen LogP contribution in [-0.4, -0.2) is 64.7 Å². The summed E-state index contributed by atoms with van der Waals surface area (Å²) in [6.45, 7) is 4.70. The molecule has 1 aliphatic heterocycles. The number of fused-ring (bicyclic) bond motifs is 1. The molecule has 3 aromatic rings. The zero-order valence-corrected chi connectivity index (χ0v) is 17.0. The van der Waals surface area contributed by atoms with Gasteiger partial charge in [0.05, 0.1) is 11.2 Å². The van der Waals surface area contributed by atoms with Crippen LogP contribution in [-0.2, 0) is 0 Å². The Kier molecular flexibility index (Phi) is 5.79. The van der Waals surface area contributed by atoms with Crippen LogP contribution < -0.4 is 5.32 Å². The maximum Gasteiger partial charge on any atom is 0.317 e. The summed E-state index contributed by atoms with van der Waals surface area (Å²) in [6.07, 6.45) is 3.96. The van der Waals surface area contributed by atoms with Crippen molar-refractivity contribution in [3.05, 3.63) is 65.4 Å². The Hall–Kier alpha value is -3.61. The second kappa shape index (κ2) is 8.82. The van der Waals surface area contributed by atoms with Crippen LogP contribution >= 0.6 is 0 Å². The number of aromatic nitrogens is 2. The highest BCUT2D eigenvalue weighted by Crippen LogP contribution is 2.18. The lowest BCUT2D eigenvalue weighted by atomic mass is 10.1. The lowest BCUT2D eigenvalue weighted by Gasteiger charge is -2.34. The van der Waals surface area contributed by atoms with Gasteiger partial charge in [-0.05, 0) is 36.8 Å². The molecule has 0 saturated carbocycles. The van der Waals surface area contributed by atoms with Gasteiger partial charge in [-0.25, -0.2) is 4.79 Å². The maximum atomic E-state index is 12.8. The summed E-state index contributed by atoms with van der Waals surface area (Å²) in [7, 11) is 0. The minimum absolute atomic E-state index is 0.000579. The topological polar surface area (TPSA) is 81.3 Å². The van der Waals surface area contributed by atoms with Gasteiger partial charge in [0.15, 0.2) is 0 Å². The van der Waals surface area contributed by atoms with E-state index in [-0.39, 0.29) is 11.9 Å². The predicted octanol–water partition coefficient (Wildman–Crippen LogP) is 3.22. The Bertz CT molecular complexity index is 1060. The number of carbonyl (C=O) groups is 2. The van der Waals surface area contributed by atoms with Crippen molar-refractivity contribution in [2.75, 3.05) is 32.7 Å². The van der Waals surface area contributed by atoms with E-state index in [2.05, 4.69) is 15.5 Å². The number of rotatable bonds is 4. The number of carbonyl (C=O) groups excluding carboxylic acids is 2. The monoisotopic (exact) mass is 403 g/mol. The molecule has 2 heterocycles. The largest absolute Gasteiger partial charge is 0.338 e. The van der Waals surface area contributed by atoms with Crippen LogP contribution in [0.1, 0.15) is 28.5 Å². The van der Waals surface area contributed by atoms with Gasteiger partial charge in [0.1, 0.15) is 0 Å². The van der Waals surface area contributed by atoms with Crippen LogP contribution in [0.15, 0.2) is 48.5 Å². The molecule has 1 saturated heterocycles. The molecule has 1 fully saturated rings. The number of aromatic amines is 1. The molecule has 154 valence electrons. The van der Waals surface area contributed by atoms with Gasteiger partial charge in [0, 0.05) is 43.7 Å². The average molecular weight is 403 g/mol. The van der Waals surface area contributed by atoms with Crippen molar-refractivity contribution in [2.24, 2.45) is 0 Å². The third-order valence-corrected chi connectivity index (χ3v) is 5.27. The van der Waals surface area contributed by atoms with Crippen LogP contribution in [0.25, 0.3) is 23.1 Å². The van der Waals surface area contributed by atoms with E-state index in [0.717, 1.165) is 22.2 Å². The number of nitrogens with zero attached hydrogens (tertiary/aromatic N) is 3. The molecule has 0 atom stereocenters. The minimum atomic E-state index is -0.0644. The number of hydrogen-bond donors (Lipinski definition) is 2. The highest BCUT2D eigenvalue weighted by molar-refractivity contribution is 5.95. The van der Waals surface area contributed by atoms with Crippen LogP contribution in [0.4, 0.5) is 4.79 Å². The van der Waals surface area contributed by atoms with Gasteiger partial charge in [0.25, 0.3) is 5.91 Å². The number of hydrogen-bond acceptors (Lipinski definition) is 3. The van der Waals surface area contributed by atoms with Gasteiger partial charge in [-0.1, -0.05) is 36.4 Å². The molecular formula is C23H25N5O2. The Balaban J connectivity index is 1.38. The molecule has 2 N–H and O–H groups in total. The van der Waals surface area contributed by atoms with Crippen molar-refractivity contribution in [3.8, 4) is 0 Å². The second-order valence-electron chi connectivity index (χ2n) is 7.22. The van der Waals surface area contributed by atoms with Gasteiger partial charge >= 0.3 is 6.03 Å². The average Bonchev–Trinajstić information content (AvgIpc) is 3.21. The van der Waals surface area contributed by atoms with E-state index in [0.29, 0.717) is 38.3 Å². The van der Waals surface area contributed by atoms with E-state index in [1.165, 1.54) is 0 Å². The highest BCUT2D eigenvalue weighted by Gasteiger charge is 2.24. The Labute approximate surface area is 175 Å². The van der Waals surface area contributed by atoms with E-state index in [1.807, 2.05) is 67.6 Å². The Morgan fingerprint density at radius 3 is 2.43 bits per heavy atom. The first-order chi connectivity index (χ1) is 14.7. The molecule has 0 radical (unpaired) electrons. The van der Waals surface area contributed by atoms with E-state index >= 15 is 0 Å². The van der Waals surface area contributed by atoms with Crippen molar-refractivity contribution < 1.29 is 9.59 Å². The third-order valence-electron chi connectivity index (χ3n) is 5.27. The molecule has 2 aromatic carbocycles. The molecular weight excluding hydrogens is 378 g/mol. The number of urea groups is 1. The zero-order valence-electron chi connectivity index (χ0n) is 17.0. The smallest absolute Gasteiger partial charge is 0.317 e. The van der Waals surface area contributed by atoms with Crippen molar-refractivity contribution in [3.63, 3.8) is 0 Å². The fourth-order valence-corrected chi connectivity index (χ4v) is 3.58. The number of H-pyrrole nitrogens is 1. The van der Waals surface area contributed by atoms with Gasteiger partial charge in [-0.2, -0.15) is 5.10 Å². The molecule has 0 bridgehead atoms. The molecule has 1 aromatic heterocycles. The molecule has 0 spiro atoms. The van der Waals surface area contributed by atoms with Gasteiger partial charge in [-0.3, -0.25) is 9.89 Å². The number of para-hydroxylation sites is 1. The van der Waals surface area contributed by atoms with Crippen LogP contribution in [0.5, 0.6) is 0 Å². The van der Waals surface area contributed by atoms with E-state index in [4.69, 9.17) is 0 Å². The third kappa shape index (κ3) is 4.20. The molecule has 30 heavy (non-hydrogen) atoms. The van der Waals surface area contributed by atoms with Crippen molar-refractivity contribution in [1.29, 1.82) is 0 Å². The Morgan fingerprint density at radius 1 is 1.00 bits per heavy atom. The van der Waals surface area contributed by atoms with E-state index in [9.17, 15) is 9.59 Å². The van der Waals surface area contributed by atoms with E-state index < -0.39 is 0 Å². The molecule has 0 aliphatic carbocycles. The summed E-state index contributed by atoms with van der Waals surface area (Å²) in [4.78, 5) is 28.2. The fraction of sp³-hybridized carbons (Fsp3) is 0.261. The van der Waals surface area contributed by atoms with Crippen molar-refractivity contribution in [2.45, 2.75) is 6.92 Å². The summed E-state index contributed by atoms with van der Waals surface area (Å²) >= 11 is 0. The van der Waals surface area contributed by atoms with Crippen molar-refractivity contribution in [1.82, 2.24) is 25.3 Å². The Morgan fingerprint density at radius 2 is 1.70 bits per heavy atom.